The Morgan fingerprint density at radius 2 is 1.78 bits per heavy atom. The lowest BCUT2D eigenvalue weighted by Gasteiger charge is -2.15. The molecule has 0 heterocycles. The van der Waals surface area contributed by atoms with Crippen LogP contribution in [0.25, 0.3) is 0 Å². The molecule has 0 saturated heterocycles. The molecule has 0 aliphatic rings. The van der Waals surface area contributed by atoms with E-state index < -0.39 is 16.9 Å². The number of anilines is 1. The highest BCUT2D eigenvalue weighted by Crippen LogP contribution is 2.27. The number of amides is 1. The van der Waals surface area contributed by atoms with Crippen molar-refractivity contribution in [2.45, 2.75) is 33.3 Å². The van der Waals surface area contributed by atoms with Gasteiger partial charge in [0.25, 0.3) is 5.91 Å². The van der Waals surface area contributed by atoms with E-state index in [4.69, 9.17) is 9.47 Å². The molecule has 7 nitrogen and oxygen atoms in total. The molecular formula is C20H24N2O5. The summed E-state index contributed by atoms with van der Waals surface area (Å²) in [6.07, 6.45) is 0.0759. The van der Waals surface area contributed by atoms with Crippen LogP contribution < -0.4 is 14.8 Å². The lowest BCUT2D eigenvalue weighted by molar-refractivity contribution is -0.386. The highest BCUT2D eigenvalue weighted by molar-refractivity contribution is 5.94. The van der Waals surface area contributed by atoms with E-state index in [0.29, 0.717) is 18.2 Å². The summed E-state index contributed by atoms with van der Waals surface area (Å²) in [5.41, 5.74) is 0.411. The first-order valence-electron chi connectivity index (χ1n) is 8.80. The van der Waals surface area contributed by atoms with Gasteiger partial charge in [-0.05, 0) is 49.6 Å². The fourth-order valence-corrected chi connectivity index (χ4v) is 2.24. The molecule has 0 spiro atoms. The fraction of sp³-hybridized carbons (Fsp3) is 0.350. The second-order valence-electron chi connectivity index (χ2n) is 6.53. The Kier molecular flexibility index (Phi) is 7.16. The third-order valence-corrected chi connectivity index (χ3v) is 3.82. The molecule has 1 N–H and O–H groups in total. The molecule has 0 aromatic heterocycles. The number of hydrogen-bond donors (Lipinski definition) is 1. The highest BCUT2D eigenvalue weighted by atomic mass is 16.6. The van der Waals surface area contributed by atoms with Crippen LogP contribution in [0.1, 0.15) is 27.2 Å². The van der Waals surface area contributed by atoms with Gasteiger partial charge in [-0.15, -0.1) is 0 Å². The van der Waals surface area contributed by atoms with E-state index in [0.717, 1.165) is 12.2 Å². The Morgan fingerprint density at radius 1 is 1.11 bits per heavy atom. The number of nitro benzene ring substituents is 1. The van der Waals surface area contributed by atoms with E-state index in [1.165, 1.54) is 19.1 Å². The number of nitro groups is 1. The third-order valence-electron chi connectivity index (χ3n) is 3.82. The van der Waals surface area contributed by atoms with E-state index in [2.05, 4.69) is 19.2 Å². The molecule has 1 amide bonds. The lowest BCUT2D eigenvalue weighted by Crippen LogP contribution is -2.30. The molecule has 144 valence electrons. The van der Waals surface area contributed by atoms with E-state index in [9.17, 15) is 14.9 Å². The van der Waals surface area contributed by atoms with Gasteiger partial charge in [0.15, 0.2) is 11.9 Å². The van der Waals surface area contributed by atoms with Gasteiger partial charge in [0.2, 0.25) is 0 Å². The molecule has 1 unspecified atom stereocenters. The number of rotatable bonds is 9. The minimum atomic E-state index is -0.895. The maximum atomic E-state index is 12.3. The molecule has 27 heavy (non-hydrogen) atoms. The lowest BCUT2D eigenvalue weighted by atomic mass is 10.1. The SMILES string of the molecule is CC(C)CCOc1ccc(NC(=O)C(C)Oc2ccccc2[N+](=O)[O-])cc1. The Morgan fingerprint density at radius 3 is 2.41 bits per heavy atom. The maximum absolute atomic E-state index is 12.3. The van der Waals surface area contributed by atoms with Gasteiger partial charge in [-0.25, -0.2) is 0 Å². The van der Waals surface area contributed by atoms with Gasteiger partial charge in [-0.3, -0.25) is 14.9 Å². The molecule has 2 aromatic rings. The van der Waals surface area contributed by atoms with E-state index in [-0.39, 0.29) is 11.4 Å². The second kappa shape index (κ2) is 9.56. The summed E-state index contributed by atoms with van der Waals surface area (Å²) in [5.74, 6) is 0.962. The van der Waals surface area contributed by atoms with Gasteiger partial charge in [0.1, 0.15) is 5.75 Å². The largest absolute Gasteiger partial charge is 0.494 e. The summed E-state index contributed by atoms with van der Waals surface area (Å²) >= 11 is 0. The average Bonchev–Trinajstić information content (AvgIpc) is 2.63. The summed E-state index contributed by atoms with van der Waals surface area (Å²) < 4.78 is 11.1. The van der Waals surface area contributed by atoms with Crippen molar-refractivity contribution in [2.24, 2.45) is 5.92 Å². The van der Waals surface area contributed by atoms with Gasteiger partial charge in [0, 0.05) is 11.8 Å². The Labute approximate surface area is 158 Å². The van der Waals surface area contributed by atoms with Crippen LogP contribution in [0.3, 0.4) is 0 Å². The summed E-state index contributed by atoms with van der Waals surface area (Å²) in [6, 6.07) is 13.0. The van der Waals surface area contributed by atoms with Crippen molar-refractivity contribution in [1.82, 2.24) is 0 Å². The Balaban J connectivity index is 1.92. The molecule has 2 aromatic carbocycles. The smallest absolute Gasteiger partial charge is 0.310 e. The van der Waals surface area contributed by atoms with Crippen LogP contribution in [0.2, 0.25) is 0 Å². The van der Waals surface area contributed by atoms with Gasteiger partial charge >= 0.3 is 5.69 Å². The van der Waals surface area contributed by atoms with Crippen molar-refractivity contribution >= 4 is 17.3 Å². The number of ether oxygens (including phenoxy) is 2. The fourth-order valence-electron chi connectivity index (χ4n) is 2.24. The van der Waals surface area contributed by atoms with Crippen LogP contribution in [-0.4, -0.2) is 23.5 Å². The minimum Gasteiger partial charge on any atom is -0.494 e. The number of nitrogens with one attached hydrogen (secondary N) is 1. The van der Waals surface area contributed by atoms with E-state index in [1.54, 1.807) is 36.4 Å². The first kappa shape index (κ1) is 20.2. The predicted octanol–water partition coefficient (Wildman–Crippen LogP) is 4.43. The molecule has 0 saturated carbocycles. The molecule has 0 bridgehead atoms. The minimum absolute atomic E-state index is 0.0547. The molecule has 1 atom stereocenters. The topological polar surface area (TPSA) is 90.7 Å². The van der Waals surface area contributed by atoms with Crippen LogP contribution in [0.4, 0.5) is 11.4 Å². The van der Waals surface area contributed by atoms with Crippen LogP contribution in [0, 0.1) is 16.0 Å². The van der Waals surface area contributed by atoms with Crippen LogP contribution in [0.15, 0.2) is 48.5 Å². The molecule has 0 fully saturated rings. The van der Waals surface area contributed by atoms with Crippen molar-refractivity contribution < 1.29 is 19.2 Å². The summed E-state index contributed by atoms with van der Waals surface area (Å²) in [5, 5.41) is 13.7. The van der Waals surface area contributed by atoms with Crippen LogP contribution in [0.5, 0.6) is 11.5 Å². The number of carbonyl (C=O) groups is 1. The van der Waals surface area contributed by atoms with Crippen molar-refractivity contribution in [3.8, 4) is 11.5 Å². The van der Waals surface area contributed by atoms with Crippen LogP contribution >= 0.6 is 0 Å². The Hall–Kier alpha value is -3.09. The monoisotopic (exact) mass is 372 g/mol. The molecule has 0 radical (unpaired) electrons. The Bertz CT molecular complexity index is 774. The second-order valence-corrected chi connectivity index (χ2v) is 6.53. The third kappa shape index (κ3) is 6.29. The number of benzene rings is 2. The van der Waals surface area contributed by atoms with E-state index >= 15 is 0 Å². The zero-order valence-corrected chi connectivity index (χ0v) is 15.7. The zero-order chi connectivity index (χ0) is 19.8. The standard InChI is InChI=1S/C20H24N2O5/c1-14(2)12-13-26-17-10-8-16(9-11-17)21-20(23)15(3)27-19-7-5-4-6-18(19)22(24)25/h4-11,14-15H,12-13H2,1-3H3,(H,21,23). The first-order valence-corrected chi connectivity index (χ1v) is 8.80. The first-order chi connectivity index (χ1) is 12.9. The molecule has 2 rings (SSSR count). The quantitative estimate of drug-likeness (QED) is 0.519. The predicted molar refractivity (Wildman–Crippen MR) is 103 cm³/mol. The number of hydrogen-bond acceptors (Lipinski definition) is 5. The molecule has 0 aliphatic heterocycles. The highest BCUT2D eigenvalue weighted by Gasteiger charge is 2.20. The van der Waals surface area contributed by atoms with Crippen molar-refractivity contribution in [3.63, 3.8) is 0 Å². The van der Waals surface area contributed by atoms with Gasteiger partial charge < -0.3 is 14.8 Å². The van der Waals surface area contributed by atoms with Crippen molar-refractivity contribution in [1.29, 1.82) is 0 Å². The summed E-state index contributed by atoms with van der Waals surface area (Å²) in [6.45, 7) is 6.45. The van der Waals surface area contributed by atoms with Gasteiger partial charge in [-0.2, -0.15) is 0 Å². The van der Waals surface area contributed by atoms with Gasteiger partial charge in [0.05, 0.1) is 11.5 Å². The normalized spacial score (nSPS) is 11.7. The number of carbonyl (C=O) groups excluding carboxylic acids is 1. The number of nitrogens with zero attached hydrogens (tertiary/aromatic N) is 1. The van der Waals surface area contributed by atoms with Crippen molar-refractivity contribution in [3.05, 3.63) is 58.6 Å². The average molecular weight is 372 g/mol. The zero-order valence-electron chi connectivity index (χ0n) is 15.7. The maximum Gasteiger partial charge on any atom is 0.310 e. The van der Waals surface area contributed by atoms with Crippen molar-refractivity contribution in [2.75, 3.05) is 11.9 Å². The summed E-state index contributed by atoms with van der Waals surface area (Å²) in [4.78, 5) is 22.8. The van der Waals surface area contributed by atoms with E-state index in [1.807, 2.05) is 0 Å². The van der Waals surface area contributed by atoms with Gasteiger partial charge in [-0.1, -0.05) is 26.0 Å². The van der Waals surface area contributed by atoms with Crippen LogP contribution in [-0.2, 0) is 4.79 Å². The molecule has 7 heteroatoms. The summed E-state index contributed by atoms with van der Waals surface area (Å²) in [7, 11) is 0. The molecular weight excluding hydrogens is 348 g/mol. The number of para-hydroxylation sites is 2. The molecule has 0 aliphatic carbocycles.